The molecule has 0 bridgehead atoms. The van der Waals surface area contributed by atoms with Crippen LogP contribution in [0.2, 0.25) is 0 Å². The Morgan fingerprint density at radius 3 is 2.23 bits per heavy atom. The van der Waals surface area contributed by atoms with Crippen LogP contribution in [0.3, 0.4) is 0 Å². The van der Waals surface area contributed by atoms with Crippen LogP contribution >= 0.6 is 9.03 Å². The zero-order valence-electron chi connectivity index (χ0n) is 28.9. The van der Waals surface area contributed by atoms with Gasteiger partial charge in [0.05, 0.1) is 39.6 Å². The molecule has 12 heteroatoms. The van der Waals surface area contributed by atoms with Crippen molar-refractivity contribution in [1.82, 2.24) is 10.2 Å². The molecule has 3 N–H and O–H groups in total. The van der Waals surface area contributed by atoms with Gasteiger partial charge in [-0.3, -0.25) is 9.59 Å². The Hall–Kier alpha value is -3.89. The monoisotopic (exact) mass is 673 g/mol. The molecule has 3 rings (SSSR count). The Morgan fingerprint density at radius 2 is 1.70 bits per heavy atom. The fourth-order valence-corrected chi connectivity index (χ4v) is 4.76. The Labute approximate surface area is 282 Å². The molecule has 0 aromatic heterocycles. The number of nitrogens with zero attached hydrogens (tertiary/aromatic N) is 1. The topological polar surface area (TPSA) is 131 Å². The van der Waals surface area contributed by atoms with Gasteiger partial charge < -0.3 is 43.9 Å². The van der Waals surface area contributed by atoms with Crippen LogP contribution in [0.15, 0.2) is 67.0 Å². The fraction of sp³-hybridized carbons (Fsp3) is 0.429. The molecule has 1 amide bonds. The number of benzene rings is 2. The Bertz CT molecular complexity index is 1250. The largest absolute Gasteiger partial charge is 0.497 e. The minimum absolute atomic E-state index is 0.00833. The molecule has 47 heavy (non-hydrogen) atoms. The predicted octanol–water partition coefficient (Wildman–Crippen LogP) is 6.16. The molecule has 4 unspecified atom stereocenters. The predicted molar refractivity (Wildman–Crippen MR) is 189 cm³/mol. The first-order valence-corrected chi connectivity index (χ1v) is 16.3. The molecular formula is C35H52N3O8P. The van der Waals surface area contributed by atoms with Crippen molar-refractivity contribution in [2.24, 2.45) is 11.7 Å². The van der Waals surface area contributed by atoms with Crippen LogP contribution in [0.1, 0.15) is 52.2 Å². The summed E-state index contributed by atoms with van der Waals surface area (Å²) in [6.07, 6.45) is 8.97. The second kappa shape index (κ2) is 23.4. The maximum Gasteiger partial charge on any atom is 0.319 e. The number of esters is 1. The average molecular weight is 674 g/mol. The van der Waals surface area contributed by atoms with E-state index in [-0.39, 0.29) is 40.0 Å². The number of nitrogens with two attached hydrogens (primary N) is 1. The molecule has 4 atom stereocenters. The summed E-state index contributed by atoms with van der Waals surface area (Å²) in [6.45, 7) is 13.9. The molecule has 260 valence electrons. The van der Waals surface area contributed by atoms with E-state index in [0.29, 0.717) is 24.6 Å². The van der Waals surface area contributed by atoms with E-state index in [0.717, 1.165) is 34.8 Å². The lowest BCUT2D eigenvalue weighted by Crippen LogP contribution is -2.31. The van der Waals surface area contributed by atoms with E-state index in [4.69, 9.17) is 29.0 Å². The van der Waals surface area contributed by atoms with Crippen LogP contribution in [-0.4, -0.2) is 70.1 Å². The number of nitrogens with one attached hydrogen (secondary N) is 1. The van der Waals surface area contributed by atoms with Crippen LogP contribution in [-0.2, 0) is 23.6 Å². The SMILES string of the molecule is C=C(/C=C\N(C)C1OC(COPOc2ccc(/C=C/c3cc(OC)cc(OC)c3)cc2)CC1C)NC=O.CC.CC(C)OC(=O)CN. The highest BCUT2D eigenvalue weighted by Crippen LogP contribution is 2.31. The number of carbonyl (C=O) groups is 2. The second-order valence-corrected chi connectivity index (χ2v) is 11.1. The van der Waals surface area contributed by atoms with Crippen molar-refractivity contribution in [3.05, 3.63) is 78.1 Å². The van der Waals surface area contributed by atoms with E-state index in [1.807, 2.05) is 86.6 Å². The van der Waals surface area contributed by atoms with Crippen molar-refractivity contribution in [2.75, 3.05) is 34.4 Å². The van der Waals surface area contributed by atoms with Gasteiger partial charge >= 0.3 is 5.97 Å². The van der Waals surface area contributed by atoms with E-state index < -0.39 is 0 Å². The molecule has 0 aliphatic carbocycles. The van der Waals surface area contributed by atoms with Crippen molar-refractivity contribution >= 4 is 33.6 Å². The van der Waals surface area contributed by atoms with Crippen molar-refractivity contribution in [3.63, 3.8) is 0 Å². The van der Waals surface area contributed by atoms with Gasteiger partial charge in [-0.25, -0.2) is 0 Å². The highest BCUT2D eigenvalue weighted by atomic mass is 31.1. The van der Waals surface area contributed by atoms with Gasteiger partial charge in [0.25, 0.3) is 0 Å². The van der Waals surface area contributed by atoms with Crippen molar-refractivity contribution < 1.29 is 37.6 Å². The van der Waals surface area contributed by atoms with Gasteiger partial charge in [-0.2, -0.15) is 0 Å². The first-order valence-electron chi connectivity index (χ1n) is 15.5. The van der Waals surface area contributed by atoms with Crippen LogP contribution in [0.5, 0.6) is 17.2 Å². The Morgan fingerprint density at radius 1 is 1.09 bits per heavy atom. The van der Waals surface area contributed by atoms with Gasteiger partial charge in [0.15, 0.2) is 0 Å². The maximum absolute atomic E-state index is 10.5. The average Bonchev–Trinajstić information content (AvgIpc) is 3.46. The quantitative estimate of drug-likeness (QED) is 0.0534. The lowest BCUT2D eigenvalue weighted by molar-refractivity contribution is -0.145. The first-order chi connectivity index (χ1) is 22.6. The lowest BCUT2D eigenvalue weighted by Gasteiger charge is -2.26. The summed E-state index contributed by atoms with van der Waals surface area (Å²) < 4.78 is 32.9. The first kappa shape index (κ1) is 41.1. The smallest absolute Gasteiger partial charge is 0.319 e. The molecule has 0 radical (unpaired) electrons. The fourth-order valence-electron chi connectivity index (χ4n) is 4.22. The molecule has 2 aromatic rings. The standard InChI is InChI=1S/C28H35N2O6P.C5H11NO2.C2H6/c1-20-14-27(35-28(20)30(3)13-12-21(2)29-19-31)18-34-37-36-24-10-8-22(9-11-24)6-7-23-15-25(32-4)17-26(16-23)33-5;1-4(2)8-5(7)3-6;1-2/h6-13,15-17,19-20,27-28,37H,2,14,18H2,1,3-5H3,(H,29,31);4H,3,6H2,1-2H3;1-2H3/b7-6+,13-12-;;. The molecular weight excluding hydrogens is 621 g/mol. The number of rotatable bonds is 16. The van der Waals surface area contributed by atoms with Crippen LogP contribution in [0.4, 0.5) is 0 Å². The van der Waals surface area contributed by atoms with E-state index >= 15 is 0 Å². The van der Waals surface area contributed by atoms with Crippen LogP contribution < -0.4 is 25.0 Å². The molecule has 0 spiro atoms. The van der Waals surface area contributed by atoms with E-state index in [1.54, 1.807) is 34.1 Å². The number of ether oxygens (including phenoxy) is 4. The zero-order chi connectivity index (χ0) is 35.2. The summed E-state index contributed by atoms with van der Waals surface area (Å²) in [4.78, 5) is 22.7. The summed E-state index contributed by atoms with van der Waals surface area (Å²) in [5, 5.41) is 2.51. The molecule has 1 saturated heterocycles. The molecule has 0 saturated carbocycles. The van der Waals surface area contributed by atoms with E-state index in [2.05, 4.69) is 23.6 Å². The highest BCUT2D eigenvalue weighted by molar-refractivity contribution is 7.26. The van der Waals surface area contributed by atoms with Gasteiger partial charge in [0.2, 0.25) is 15.4 Å². The van der Waals surface area contributed by atoms with Gasteiger partial charge in [-0.1, -0.05) is 51.6 Å². The van der Waals surface area contributed by atoms with Crippen LogP contribution in [0.25, 0.3) is 12.2 Å². The van der Waals surface area contributed by atoms with Crippen molar-refractivity contribution in [3.8, 4) is 17.2 Å². The van der Waals surface area contributed by atoms with Crippen molar-refractivity contribution in [2.45, 2.75) is 59.5 Å². The van der Waals surface area contributed by atoms with Gasteiger partial charge in [-0.15, -0.1) is 0 Å². The van der Waals surface area contributed by atoms with E-state index in [9.17, 15) is 9.59 Å². The van der Waals surface area contributed by atoms with Crippen LogP contribution in [0, 0.1) is 5.92 Å². The third-order valence-corrected chi connectivity index (χ3v) is 6.96. The van der Waals surface area contributed by atoms with E-state index in [1.165, 1.54) is 0 Å². The molecule has 2 aromatic carbocycles. The van der Waals surface area contributed by atoms with Crippen molar-refractivity contribution in [1.29, 1.82) is 0 Å². The summed E-state index contributed by atoms with van der Waals surface area (Å²) in [5.74, 6) is 2.22. The summed E-state index contributed by atoms with van der Waals surface area (Å²) >= 11 is 0. The lowest BCUT2D eigenvalue weighted by atomic mass is 10.1. The molecule has 1 aliphatic heterocycles. The molecule has 1 aliphatic rings. The molecule has 11 nitrogen and oxygen atoms in total. The number of hydrogen-bond acceptors (Lipinski definition) is 10. The number of allylic oxidation sites excluding steroid dienone is 1. The summed E-state index contributed by atoms with van der Waals surface area (Å²) in [6, 6.07) is 13.6. The zero-order valence-corrected chi connectivity index (χ0v) is 29.9. The number of carbonyl (C=O) groups excluding carboxylic acids is 2. The van der Waals surface area contributed by atoms with Gasteiger partial charge in [0, 0.05) is 30.9 Å². The summed E-state index contributed by atoms with van der Waals surface area (Å²) in [5.41, 5.74) is 7.50. The number of amides is 1. The number of methoxy groups -OCH3 is 2. The Balaban J connectivity index is 0.000000964. The third kappa shape index (κ3) is 16.5. The normalized spacial score (nSPS) is 17.1. The minimum Gasteiger partial charge on any atom is -0.497 e. The number of hydrogen-bond donors (Lipinski definition) is 2. The maximum atomic E-state index is 10.5. The molecule has 1 heterocycles. The third-order valence-electron chi connectivity index (χ3n) is 6.35. The van der Waals surface area contributed by atoms with Gasteiger partial charge in [0.1, 0.15) is 23.5 Å². The highest BCUT2D eigenvalue weighted by Gasteiger charge is 2.34. The van der Waals surface area contributed by atoms with Gasteiger partial charge in [-0.05, 0) is 61.7 Å². The second-order valence-electron chi connectivity index (χ2n) is 10.4. The summed E-state index contributed by atoms with van der Waals surface area (Å²) in [7, 11) is 5.09. The Kier molecular flexibility index (Phi) is 20.5. The molecule has 1 fully saturated rings. The minimum atomic E-state index is -0.347.